The predicted octanol–water partition coefficient (Wildman–Crippen LogP) is 1.87. The molecule has 28 heavy (non-hydrogen) atoms. The van der Waals surface area contributed by atoms with Crippen LogP contribution in [0.4, 0.5) is 11.4 Å². The van der Waals surface area contributed by atoms with Gasteiger partial charge in [-0.15, -0.1) is 0 Å². The lowest BCUT2D eigenvalue weighted by atomic mass is 10.0. The van der Waals surface area contributed by atoms with E-state index in [1.165, 1.54) is 30.5 Å². The molecular weight excluding hydrogens is 366 g/mol. The number of non-ortho nitro benzene ring substituents is 1. The first-order valence-electron chi connectivity index (χ1n) is 8.80. The molecule has 10 heteroatoms. The number of nitrogens with zero attached hydrogens (tertiary/aromatic N) is 2. The van der Waals surface area contributed by atoms with Gasteiger partial charge in [-0.25, -0.2) is 4.98 Å². The van der Waals surface area contributed by atoms with Gasteiger partial charge in [0.15, 0.2) is 11.6 Å². The second kappa shape index (κ2) is 9.60. The topological polar surface area (TPSA) is 153 Å². The van der Waals surface area contributed by atoms with Gasteiger partial charge in [-0.05, 0) is 24.5 Å². The third-order valence-electron chi connectivity index (χ3n) is 3.82. The van der Waals surface area contributed by atoms with Crippen LogP contribution in [0, 0.1) is 16.0 Å². The van der Waals surface area contributed by atoms with Crippen molar-refractivity contribution in [3.05, 3.63) is 52.2 Å². The lowest BCUT2D eigenvalue weighted by Gasteiger charge is -2.19. The Morgan fingerprint density at radius 2 is 1.96 bits per heavy atom. The number of amides is 2. The molecule has 0 saturated heterocycles. The minimum absolute atomic E-state index is 0.0698. The number of nitrogens with one attached hydrogen (secondary N) is 2. The zero-order chi connectivity index (χ0) is 20.7. The van der Waals surface area contributed by atoms with Crippen molar-refractivity contribution in [3.63, 3.8) is 0 Å². The molecule has 2 amide bonds. The number of nitro groups is 1. The second-order valence-electron chi connectivity index (χ2n) is 6.61. The molecule has 150 valence electrons. The van der Waals surface area contributed by atoms with Crippen molar-refractivity contribution in [1.82, 2.24) is 10.3 Å². The fourth-order valence-corrected chi connectivity index (χ4v) is 2.48. The molecule has 2 aromatic rings. The van der Waals surface area contributed by atoms with Crippen molar-refractivity contribution in [2.45, 2.75) is 32.7 Å². The van der Waals surface area contributed by atoms with Crippen molar-refractivity contribution in [2.75, 3.05) is 11.9 Å². The van der Waals surface area contributed by atoms with E-state index in [4.69, 9.17) is 10.2 Å². The van der Waals surface area contributed by atoms with Gasteiger partial charge in [-0.3, -0.25) is 19.7 Å². The molecule has 1 unspecified atom stereocenters. The minimum atomic E-state index is -0.808. The highest BCUT2D eigenvalue weighted by molar-refractivity contribution is 6.00. The number of anilines is 1. The Kier molecular flexibility index (Phi) is 7.21. The highest BCUT2D eigenvalue weighted by Crippen LogP contribution is 2.16. The molecule has 0 fully saturated rings. The van der Waals surface area contributed by atoms with E-state index in [-0.39, 0.29) is 17.3 Å². The van der Waals surface area contributed by atoms with E-state index in [1.54, 1.807) is 0 Å². The fourth-order valence-electron chi connectivity index (χ4n) is 2.48. The Labute approximate surface area is 161 Å². The van der Waals surface area contributed by atoms with E-state index in [0.29, 0.717) is 31.0 Å². The van der Waals surface area contributed by atoms with E-state index < -0.39 is 22.8 Å². The van der Waals surface area contributed by atoms with Crippen LogP contribution in [0.1, 0.15) is 36.6 Å². The Balaban J connectivity index is 2.07. The van der Waals surface area contributed by atoms with Gasteiger partial charge in [-0.1, -0.05) is 13.8 Å². The van der Waals surface area contributed by atoms with Gasteiger partial charge in [0.05, 0.1) is 4.92 Å². The molecule has 0 spiro atoms. The van der Waals surface area contributed by atoms with Crippen LogP contribution in [0.15, 0.2) is 34.9 Å². The summed E-state index contributed by atoms with van der Waals surface area (Å²) in [5.41, 5.74) is 5.81. The molecule has 0 aliphatic rings. The third kappa shape index (κ3) is 5.88. The number of hydrogen-bond acceptors (Lipinski definition) is 7. The first kappa shape index (κ1) is 21.0. The lowest BCUT2D eigenvalue weighted by Crippen LogP contribution is -2.44. The van der Waals surface area contributed by atoms with Gasteiger partial charge in [0.1, 0.15) is 12.3 Å². The van der Waals surface area contributed by atoms with Crippen LogP contribution in [-0.4, -0.2) is 34.3 Å². The number of nitrogens with two attached hydrogens (primary N) is 1. The van der Waals surface area contributed by atoms with Crippen LogP contribution in [0.2, 0.25) is 0 Å². The zero-order valence-electron chi connectivity index (χ0n) is 15.7. The normalized spacial score (nSPS) is 11.9. The lowest BCUT2D eigenvalue weighted by molar-refractivity contribution is -0.384. The Bertz CT molecular complexity index is 831. The molecular formula is C18H23N5O5. The maximum absolute atomic E-state index is 12.6. The zero-order valence-corrected chi connectivity index (χ0v) is 15.7. The summed E-state index contributed by atoms with van der Waals surface area (Å²) < 4.78 is 5.17. The molecule has 0 aliphatic heterocycles. The van der Waals surface area contributed by atoms with E-state index in [1.807, 2.05) is 13.8 Å². The summed E-state index contributed by atoms with van der Waals surface area (Å²) >= 11 is 0. The van der Waals surface area contributed by atoms with Gasteiger partial charge < -0.3 is 20.8 Å². The average molecular weight is 389 g/mol. The highest BCUT2D eigenvalue weighted by atomic mass is 16.6. The van der Waals surface area contributed by atoms with E-state index in [2.05, 4.69) is 15.6 Å². The molecule has 1 aromatic heterocycles. The molecule has 0 saturated carbocycles. The summed E-state index contributed by atoms with van der Waals surface area (Å²) in [7, 11) is 0. The highest BCUT2D eigenvalue weighted by Gasteiger charge is 2.24. The predicted molar refractivity (Wildman–Crippen MR) is 102 cm³/mol. The first-order valence-corrected chi connectivity index (χ1v) is 8.80. The molecule has 1 aromatic carbocycles. The Hall–Kier alpha value is -3.27. The van der Waals surface area contributed by atoms with Crippen molar-refractivity contribution in [3.8, 4) is 0 Å². The maximum atomic E-state index is 12.6. The van der Waals surface area contributed by atoms with Gasteiger partial charge in [0.2, 0.25) is 5.91 Å². The summed E-state index contributed by atoms with van der Waals surface area (Å²) in [6.45, 7) is 4.19. The van der Waals surface area contributed by atoms with Gasteiger partial charge in [-0.2, -0.15) is 0 Å². The summed E-state index contributed by atoms with van der Waals surface area (Å²) in [6, 6.07) is 4.64. The third-order valence-corrected chi connectivity index (χ3v) is 3.82. The number of hydrogen-bond donors (Lipinski definition) is 3. The number of carbonyl (C=O) groups excluding carboxylic acids is 2. The number of carbonyl (C=O) groups is 2. The molecule has 2 rings (SSSR count). The maximum Gasteiger partial charge on any atom is 0.273 e. The van der Waals surface area contributed by atoms with Crippen LogP contribution in [-0.2, 0) is 11.2 Å². The molecule has 0 aliphatic carbocycles. The molecule has 10 nitrogen and oxygen atoms in total. The van der Waals surface area contributed by atoms with E-state index in [9.17, 15) is 19.7 Å². The smallest absolute Gasteiger partial charge is 0.273 e. The van der Waals surface area contributed by atoms with Crippen molar-refractivity contribution in [1.29, 1.82) is 0 Å². The summed E-state index contributed by atoms with van der Waals surface area (Å²) in [4.78, 5) is 39.3. The second-order valence-corrected chi connectivity index (χ2v) is 6.61. The number of benzene rings is 1. The fraction of sp³-hybridized carbons (Fsp3) is 0.389. The van der Waals surface area contributed by atoms with Crippen LogP contribution in [0.5, 0.6) is 0 Å². The van der Waals surface area contributed by atoms with Crippen molar-refractivity contribution in [2.24, 2.45) is 11.7 Å². The Morgan fingerprint density at radius 3 is 2.54 bits per heavy atom. The summed E-state index contributed by atoms with van der Waals surface area (Å²) in [5, 5.41) is 16.0. The molecule has 4 N–H and O–H groups in total. The Morgan fingerprint density at radius 1 is 1.29 bits per heavy atom. The van der Waals surface area contributed by atoms with Gasteiger partial charge >= 0.3 is 0 Å². The van der Waals surface area contributed by atoms with E-state index in [0.717, 1.165) is 0 Å². The molecule has 0 radical (unpaired) electrons. The van der Waals surface area contributed by atoms with Crippen LogP contribution < -0.4 is 16.4 Å². The first-order chi connectivity index (χ1) is 13.3. The number of aromatic nitrogens is 1. The number of rotatable bonds is 9. The monoisotopic (exact) mass is 389 g/mol. The summed E-state index contributed by atoms with van der Waals surface area (Å²) in [6.07, 6.45) is 2.03. The van der Waals surface area contributed by atoms with Crippen LogP contribution >= 0.6 is 0 Å². The quantitative estimate of drug-likeness (QED) is 0.437. The SMILES string of the molecule is CC(C)CC(NC(=O)c1coc(CCN)n1)C(=O)Nc1ccc([N+](=O)[O-])cc1. The van der Waals surface area contributed by atoms with Gasteiger partial charge in [0.25, 0.3) is 11.6 Å². The largest absolute Gasteiger partial charge is 0.448 e. The standard InChI is InChI=1S/C18H23N5O5/c1-11(2)9-14(22-18(25)15-10-28-16(21-15)7-8-19)17(24)20-12-3-5-13(6-4-12)23(26)27/h3-6,10-11,14H,7-9,19H2,1-2H3,(H,20,24)(H,22,25). The number of nitro benzene ring substituents is 1. The molecule has 1 heterocycles. The van der Waals surface area contributed by atoms with Crippen molar-refractivity contribution >= 4 is 23.2 Å². The minimum Gasteiger partial charge on any atom is -0.448 e. The van der Waals surface area contributed by atoms with Crippen molar-refractivity contribution < 1.29 is 18.9 Å². The number of oxazole rings is 1. The summed E-state index contributed by atoms with van der Waals surface area (Å²) in [5.74, 6) is -0.473. The molecule has 1 atom stereocenters. The van der Waals surface area contributed by atoms with E-state index >= 15 is 0 Å². The van der Waals surface area contributed by atoms with Crippen LogP contribution in [0.25, 0.3) is 0 Å². The van der Waals surface area contributed by atoms with Crippen LogP contribution in [0.3, 0.4) is 0 Å². The average Bonchev–Trinajstić information content (AvgIpc) is 3.10. The molecule has 0 bridgehead atoms. The van der Waals surface area contributed by atoms with Gasteiger partial charge in [0, 0.05) is 30.8 Å².